The third-order valence-corrected chi connectivity index (χ3v) is 8.21. The molecule has 190 valence electrons. The number of amides is 2. The molecule has 0 N–H and O–H groups in total. The average molecular weight is 504 g/mol. The Morgan fingerprint density at radius 2 is 1.21 bits per heavy atom. The Balaban J connectivity index is 1.48. The summed E-state index contributed by atoms with van der Waals surface area (Å²) in [6, 6.07) is 21.8. The van der Waals surface area contributed by atoms with E-state index in [4.69, 9.17) is 4.74 Å². The topological polar surface area (TPSA) is 63.7 Å². The summed E-state index contributed by atoms with van der Waals surface area (Å²) in [4.78, 5) is 41.3. The SMILES string of the molecule is COc1ccc(C(C)=O)cc1N1C(=O)[C@@H]2[C@H](C1=O)[C@H]1C=C[C@H]2C1=C(c1ccc(C)cc1)c1ccc(C)cc1. The molecule has 1 saturated heterocycles. The van der Waals surface area contributed by atoms with E-state index >= 15 is 0 Å². The Morgan fingerprint density at radius 3 is 1.66 bits per heavy atom. The van der Waals surface area contributed by atoms with Gasteiger partial charge in [0.1, 0.15) is 5.75 Å². The van der Waals surface area contributed by atoms with E-state index in [1.807, 2.05) is 0 Å². The molecule has 3 aromatic rings. The fraction of sp³-hybridized carbons (Fsp3) is 0.242. The summed E-state index contributed by atoms with van der Waals surface area (Å²) < 4.78 is 5.49. The van der Waals surface area contributed by atoms with Gasteiger partial charge in [-0.1, -0.05) is 71.8 Å². The molecule has 5 heteroatoms. The van der Waals surface area contributed by atoms with Crippen molar-refractivity contribution in [2.24, 2.45) is 23.7 Å². The number of carbonyl (C=O) groups excluding carboxylic acids is 3. The van der Waals surface area contributed by atoms with Crippen molar-refractivity contribution in [2.45, 2.75) is 20.8 Å². The van der Waals surface area contributed by atoms with Gasteiger partial charge >= 0.3 is 0 Å². The zero-order chi connectivity index (χ0) is 26.7. The van der Waals surface area contributed by atoms with Gasteiger partial charge in [-0.15, -0.1) is 0 Å². The van der Waals surface area contributed by atoms with E-state index in [0.29, 0.717) is 17.0 Å². The van der Waals surface area contributed by atoms with Crippen molar-refractivity contribution >= 4 is 28.9 Å². The molecular weight excluding hydrogens is 474 g/mol. The summed E-state index contributed by atoms with van der Waals surface area (Å²) in [5.41, 5.74) is 7.53. The average Bonchev–Trinajstić information content (AvgIpc) is 3.55. The number of benzene rings is 3. The normalized spacial score (nSPS) is 23.3. The number of aryl methyl sites for hydroxylation is 2. The van der Waals surface area contributed by atoms with Gasteiger partial charge in [-0.3, -0.25) is 14.4 Å². The van der Waals surface area contributed by atoms with E-state index in [1.54, 1.807) is 18.2 Å². The molecule has 5 nitrogen and oxygen atoms in total. The molecule has 1 aliphatic heterocycles. The molecule has 3 aromatic carbocycles. The van der Waals surface area contributed by atoms with E-state index in [0.717, 1.165) is 22.3 Å². The van der Waals surface area contributed by atoms with Gasteiger partial charge in [0.15, 0.2) is 5.78 Å². The molecule has 38 heavy (non-hydrogen) atoms. The molecule has 2 fully saturated rings. The van der Waals surface area contributed by atoms with Crippen molar-refractivity contribution in [2.75, 3.05) is 12.0 Å². The molecule has 0 spiro atoms. The third-order valence-electron chi connectivity index (χ3n) is 8.21. The van der Waals surface area contributed by atoms with Gasteiger partial charge in [0.2, 0.25) is 11.8 Å². The first kappa shape index (κ1) is 24.1. The van der Waals surface area contributed by atoms with Crippen LogP contribution in [0.4, 0.5) is 5.69 Å². The Labute approximate surface area is 222 Å². The summed E-state index contributed by atoms with van der Waals surface area (Å²) >= 11 is 0. The summed E-state index contributed by atoms with van der Waals surface area (Å²) in [7, 11) is 1.50. The number of anilines is 1. The van der Waals surface area contributed by atoms with E-state index in [9.17, 15) is 14.4 Å². The highest BCUT2D eigenvalue weighted by atomic mass is 16.5. The Morgan fingerprint density at radius 1 is 0.737 bits per heavy atom. The van der Waals surface area contributed by atoms with Crippen LogP contribution in [-0.2, 0) is 9.59 Å². The van der Waals surface area contributed by atoms with Gasteiger partial charge in [0, 0.05) is 17.4 Å². The van der Waals surface area contributed by atoms with Crippen molar-refractivity contribution in [3.63, 3.8) is 0 Å². The number of hydrogen-bond donors (Lipinski definition) is 0. The molecule has 0 radical (unpaired) electrons. The highest BCUT2D eigenvalue weighted by molar-refractivity contribution is 6.24. The second-order valence-electron chi connectivity index (χ2n) is 10.5. The highest BCUT2D eigenvalue weighted by Gasteiger charge is 2.62. The van der Waals surface area contributed by atoms with Crippen molar-refractivity contribution in [3.8, 4) is 5.75 Å². The molecule has 1 heterocycles. The maximum absolute atomic E-state index is 14.0. The van der Waals surface area contributed by atoms with Gasteiger partial charge in [0.25, 0.3) is 0 Å². The molecule has 2 amide bonds. The maximum atomic E-state index is 14.0. The second kappa shape index (κ2) is 8.95. The van der Waals surface area contributed by atoms with Crippen LogP contribution < -0.4 is 9.64 Å². The van der Waals surface area contributed by atoms with Gasteiger partial charge in [-0.2, -0.15) is 0 Å². The van der Waals surface area contributed by atoms with Crippen LogP contribution in [0.5, 0.6) is 5.75 Å². The first-order valence-corrected chi connectivity index (χ1v) is 12.9. The third kappa shape index (κ3) is 3.57. The minimum atomic E-state index is -0.482. The van der Waals surface area contributed by atoms with Gasteiger partial charge in [-0.05, 0) is 61.2 Å². The largest absolute Gasteiger partial charge is 0.495 e. The zero-order valence-electron chi connectivity index (χ0n) is 21.9. The van der Waals surface area contributed by atoms with Crippen LogP contribution >= 0.6 is 0 Å². The number of nitrogens with zero attached hydrogens (tertiary/aromatic N) is 1. The van der Waals surface area contributed by atoms with Crippen LogP contribution in [0.2, 0.25) is 0 Å². The molecule has 3 aliphatic rings. The van der Waals surface area contributed by atoms with E-state index < -0.39 is 11.8 Å². The number of carbonyl (C=O) groups is 3. The molecule has 0 unspecified atom stereocenters. The van der Waals surface area contributed by atoms with Crippen molar-refractivity contribution < 1.29 is 19.1 Å². The minimum absolute atomic E-state index is 0.138. The molecule has 2 bridgehead atoms. The predicted molar refractivity (Wildman–Crippen MR) is 147 cm³/mol. The minimum Gasteiger partial charge on any atom is -0.495 e. The highest BCUT2D eigenvalue weighted by Crippen LogP contribution is 2.59. The van der Waals surface area contributed by atoms with Crippen LogP contribution in [-0.4, -0.2) is 24.7 Å². The molecule has 2 aliphatic carbocycles. The van der Waals surface area contributed by atoms with E-state index in [1.165, 1.54) is 30.1 Å². The number of ketones is 1. The zero-order valence-corrected chi connectivity index (χ0v) is 21.9. The second-order valence-corrected chi connectivity index (χ2v) is 10.5. The van der Waals surface area contributed by atoms with Gasteiger partial charge < -0.3 is 4.74 Å². The molecular formula is C33H29NO4. The fourth-order valence-corrected chi connectivity index (χ4v) is 6.36. The smallest absolute Gasteiger partial charge is 0.238 e. The summed E-state index contributed by atoms with van der Waals surface area (Å²) in [6.45, 7) is 5.59. The lowest BCUT2D eigenvalue weighted by Gasteiger charge is -2.23. The van der Waals surface area contributed by atoms with Crippen LogP contribution in [0.25, 0.3) is 5.57 Å². The summed E-state index contributed by atoms with van der Waals surface area (Å²) in [6.07, 6.45) is 4.20. The fourth-order valence-electron chi connectivity index (χ4n) is 6.36. The maximum Gasteiger partial charge on any atom is 0.238 e. The van der Waals surface area contributed by atoms with Crippen LogP contribution in [0.1, 0.15) is 39.5 Å². The predicted octanol–water partition coefficient (Wildman–Crippen LogP) is 5.94. The van der Waals surface area contributed by atoms with Crippen LogP contribution in [0, 0.1) is 37.5 Å². The Bertz CT molecular complexity index is 1460. The quantitative estimate of drug-likeness (QED) is 0.246. The number of fused-ring (bicyclic) bond motifs is 5. The standard InChI is InChI=1S/C33H29NO4/c1-18-5-9-21(10-6-18)28(22-11-7-19(2)8-12-22)29-24-14-15-25(29)31-30(24)32(36)34(33(31)37)26-17-23(20(3)35)13-16-27(26)38-4/h5-17,24-25,30-31H,1-4H3/t24-,25-,30-,31+/m0/s1. The van der Waals surface area contributed by atoms with Crippen molar-refractivity contribution in [3.05, 3.63) is 112 Å². The van der Waals surface area contributed by atoms with Crippen LogP contribution in [0.3, 0.4) is 0 Å². The molecule has 6 rings (SSSR count). The number of ether oxygens (including phenoxy) is 1. The Kier molecular flexibility index (Phi) is 5.68. The number of Topliss-reactive ketones (excluding diaryl/α,β-unsaturated/α-hetero) is 1. The van der Waals surface area contributed by atoms with Crippen molar-refractivity contribution in [1.29, 1.82) is 0 Å². The van der Waals surface area contributed by atoms with Gasteiger partial charge in [-0.25, -0.2) is 4.90 Å². The lowest BCUT2D eigenvalue weighted by atomic mass is 9.85. The first-order chi connectivity index (χ1) is 18.3. The summed E-state index contributed by atoms with van der Waals surface area (Å²) in [5.74, 6) is -1.53. The first-order valence-electron chi connectivity index (χ1n) is 12.9. The molecule has 1 saturated carbocycles. The van der Waals surface area contributed by atoms with Crippen molar-refractivity contribution in [1.82, 2.24) is 0 Å². The Hall–Kier alpha value is -4.25. The summed E-state index contributed by atoms with van der Waals surface area (Å²) in [5, 5.41) is 0. The van der Waals surface area contributed by atoms with Crippen LogP contribution in [0.15, 0.2) is 84.5 Å². The monoisotopic (exact) mass is 503 g/mol. The lowest BCUT2D eigenvalue weighted by molar-refractivity contribution is -0.123. The number of methoxy groups -OCH3 is 1. The van der Waals surface area contributed by atoms with Gasteiger partial charge in [0.05, 0.1) is 24.6 Å². The molecule has 4 atom stereocenters. The van der Waals surface area contributed by atoms with E-state index in [-0.39, 0.29) is 29.4 Å². The van der Waals surface area contributed by atoms with E-state index in [2.05, 4.69) is 74.5 Å². The lowest BCUT2D eigenvalue weighted by Crippen LogP contribution is -2.33. The number of allylic oxidation sites excluding steroid dienone is 3. The number of rotatable bonds is 5. The number of imide groups is 1. The molecule has 0 aromatic heterocycles. The number of hydrogen-bond acceptors (Lipinski definition) is 4.